The van der Waals surface area contributed by atoms with Gasteiger partial charge in [-0.05, 0) is 55.2 Å². The van der Waals surface area contributed by atoms with Crippen LogP contribution in [0.25, 0.3) is 0 Å². The van der Waals surface area contributed by atoms with Gasteiger partial charge in [0, 0.05) is 26.8 Å². The predicted octanol–water partition coefficient (Wildman–Crippen LogP) is 4.30. The van der Waals surface area contributed by atoms with Crippen LogP contribution in [-0.4, -0.2) is 39.7 Å². The molecule has 3 N–H and O–H groups in total. The number of ether oxygens (including phenoxy) is 2. The number of fused-ring (bicyclic) bond motifs is 2. The van der Waals surface area contributed by atoms with Gasteiger partial charge < -0.3 is 24.8 Å². The van der Waals surface area contributed by atoms with Crippen LogP contribution in [0.1, 0.15) is 66.0 Å². The molecule has 2 aliphatic rings. The molecule has 7 heteroatoms. The molecule has 1 fully saturated rings. The van der Waals surface area contributed by atoms with Crippen molar-refractivity contribution < 1.29 is 24.8 Å². The molecule has 0 radical (unpaired) electrons. The highest BCUT2D eigenvalue weighted by Crippen LogP contribution is 2.47. The van der Waals surface area contributed by atoms with E-state index in [0.717, 1.165) is 17.5 Å². The first-order chi connectivity index (χ1) is 14.9. The Labute approximate surface area is 192 Å². The number of aryl methyl sites for hydroxylation is 1. The topological polar surface area (TPSA) is 79.2 Å². The van der Waals surface area contributed by atoms with Crippen molar-refractivity contribution in [2.75, 3.05) is 0 Å². The molecule has 1 aromatic carbocycles. The fraction of sp³-hybridized carbons (Fsp3) is 0.583. The molecule has 0 saturated carbocycles. The minimum absolute atomic E-state index is 0.225. The van der Waals surface area contributed by atoms with Gasteiger partial charge in [0.1, 0.15) is 18.3 Å². The molecule has 5 atom stereocenters. The van der Waals surface area contributed by atoms with Gasteiger partial charge in [0.25, 0.3) is 0 Å². The van der Waals surface area contributed by atoms with Gasteiger partial charge in [-0.3, -0.25) is 0 Å². The summed E-state index contributed by atoms with van der Waals surface area (Å²) in [4.78, 5) is 2.62. The molecule has 0 bridgehead atoms. The van der Waals surface area contributed by atoms with Crippen molar-refractivity contribution in [3.8, 4) is 0 Å². The molecule has 2 aromatic rings. The minimum atomic E-state index is -1.49. The average molecular weight is 467 g/mol. The summed E-state index contributed by atoms with van der Waals surface area (Å²) in [5.74, 6) is -1.49. The van der Waals surface area contributed by atoms with Crippen LogP contribution in [0.2, 0.25) is 5.02 Å². The second kappa shape index (κ2) is 9.48. The Hall–Kier alpha value is -0.990. The van der Waals surface area contributed by atoms with Gasteiger partial charge in [0.2, 0.25) is 5.79 Å². The largest absolute Gasteiger partial charge is 0.388 e. The zero-order chi connectivity index (χ0) is 22.2. The Morgan fingerprint density at radius 1 is 1.10 bits per heavy atom. The maximum absolute atomic E-state index is 10.7. The summed E-state index contributed by atoms with van der Waals surface area (Å²) in [5, 5.41) is 31.8. The second-order valence-corrected chi connectivity index (χ2v) is 10.3. The third-order valence-electron chi connectivity index (χ3n) is 6.35. The highest BCUT2D eigenvalue weighted by Gasteiger charge is 2.57. The minimum Gasteiger partial charge on any atom is -0.388 e. The molecule has 5 nitrogen and oxygen atoms in total. The lowest BCUT2D eigenvalue weighted by molar-refractivity contribution is -0.362. The van der Waals surface area contributed by atoms with Gasteiger partial charge >= 0.3 is 0 Å². The Balaban J connectivity index is 1.56. The van der Waals surface area contributed by atoms with Gasteiger partial charge in [0.05, 0.1) is 12.7 Å². The van der Waals surface area contributed by atoms with Crippen LogP contribution in [0.4, 0.5) is 0 Å². The van der Waals surface area contributed by atoms with Gasteiger partial charge in [-0.15, -0.1) is 11.3 Å². The molecule has 1 spiro atoms. The fourth-order valence-corrected chi connectivity index (χ4v) is 5.85. The van der Waals surface area contributed by atoms with Crippen molar-refractivity contribution in [1.82, 2.24) is 0 Å². The van der Waals surface area contributed by atoms with Crippen LogP contribution in [0, 0.1) is 0 Å². The molecule has 0 unspecified atom stereocenters. The molecule has 0 amide bonds. The van der Waals surface area contributed by atoms with E-state index in [4.69, 9.17) is 21.1 Å². The van der Waals surface area contributed by atoms with Gasteiger partial charge in [0.15, 0.2) is 0 Å². The highest BCUT2D eigenvalue weighted by atomic mass is 35.5. The Morgan fingerprint density at radius 3 is 2.65 bits per heavy atom. The summed E-state index contributed by atoms with van der Waals surface area (Å²) >= 11 is 8.40. The average Bonchev–Trinajstić information content (AvgIpc) is 3.34. The normalized spacial score (nSPS) is 30.1. The van der Waals surface area contributed by atoms with Gasteiger partial charge in [-0.25, -0.2) is 0 Å². The van der Waals surface area contributed by atoms with E-state index in [9.17, 15) is 15.3 Å². The van der Waals surface area contributed by atoms with E-state index in [2.05, 4.69) is 19.1 Å². The number of thiophene rings is 1. The number of hydrogen-bond acceptors (Lipinski definition) is 6. The van der Waals surface area contributed by atoms with Crippen molar-refractivity contribution in [2.24, 2.45) is 0 Å². The van der Waals surface area contributed by atoms with E-state index in [1.165, 1.54) is 35.4 Å². The molecular formula is C24H31ClO5S. The third-order valence-corrected chi connectivity index (χ3v) is 7.85. The fourth-order valence-electron chi connectivity index (χ4n) is 4.51. The SMILES string of the molecule is CCCCCCc1ccc(Cc2cc3c(cc2Cl)CO[C@]32O[C@H](C)[C@@H](O)[C@H](O)[C@H]2O)s1. The third kappa shape index (κ3) is 4.44. The van der Waals surface area contributed by atoms with Crippen molar-refractivity contribution in [1.29, 1.82) is 0 Å². The van der Waals surface area contributed by atoms with Gasteiger partial charge in [-0.1, -0.05) is 37.8 Å². The van der Waals surface area contributed by atoms with E-state index >= 15 is 0 Å². The highest BCUT2D eigenvalue weighted by molar-refractivity contribution is 7.12. The van der Waals surface area contributed by atoms with E-state index < -0.39 is 30.2 Å². The number of benzene rings is 1. The molecule has 3 heterocycles. The van der Waals surface area contributed by atoms with Crippen LogP contribution < -0.4 is 0 Å². The maximum Gasteiger partial charge on any atom is 0.225 e. The molecule has 4 rings (SSSR count). The number of aliphatic hydroxyl groups excluding tert-OH is 3. The van der Waals surface area contributed by atoms with E-state index in [0.29, 0.717) is 17.0 Å². The summed E-state index contributed by atoms with van der Waals surface area (Å²) in [5.41, 5.74) is 2.42. The van der Waals surface area contributed by atoms with E-state index in [1.807, 2.05) is 23.5 Å². The van der Waals surface area contributed by atoms with E-state index in [-0.39, 0.29) is 6.61 Å². The van der Waals surface area contributed by atoms with Gasteiger partial charge in [-0.2, -0.15) is 0 Å². The van der Waals surface area contributed by atoms with Crippen molar-refractivity contribution >= 4 is 22.9 Å². The van der Waals surface area contributed by atoms with Crippen molar-refractivity contribution in [2.45, 2.75) is 89.2 Å². The summed E-state index contributed by atoms with van der Waals surface area (Å²) < 4.78 is 11.8. The zero-order valence-corrected chi connectivity index (χ0v) is 19.6. The predicted molar refractivity (Wildman–Crippen MR) is 121 cm³/mol. The van der Waals surface area contributed by atoms with Crippen LogP contribution in [0.15, 0.2) is 24.3 Å². The summed E-state index contributed by atoms with van der Waals surface area (Å²) in [7, 11) is 0. The second-order valence-electron chi connectivity index (χ2n) is 8.66. The lowest BCUT2D eigenvalue weighted by Crippen LogP contribution is -2.62. The van der Waals surface area contributed by atoms with Crippen LogP contribution in [0.5, 0.6) is 0 Å². The first kappa shape index (κ1) is 23.2. The quantitative estimate of drug-likeness (QED) is 0.530. The monoisotopic (exact) mass is 466 g/mol. The molecule has 2 aliphatic heterocycles. The molecule has 0 aliphatic carbocycles. The smallest absolute Gasteiger partial charge is 0.225 e. The Bertz CT molecular complexity index is 915. The Kier molecular flexibility index (Phi) is 7.08. The lowest BCUT2D eigenvalue weighted by Gasteiger charge is -2.45. The summed E-state index contributed by atoms with van der Waals surface area (Å²) in [6.07, 6.45) is 2.18. The number of halogens is 1. The van der Waals surface area contributed by atoms with Crippen molar-refractivity contribution in [3.63, 3.8) is 0 Å². The number of hydrogen-bond donors (Lipinski definition) is 3. The molecule has 1 aromatic heterocycles. The Morgan fingerprint density at radius 2 is 1.87 bits per heavy atom. The zero-order valence-electron chi connectivity index (χ0n) is 18.0. The number of aliphatic hydroxyl groups is 3. The van der Waals surface area contributed by atoms with E-state index in [1.54, 1.807) is 6.92 Å². The first-order valence-electron chi connectivity index (χ1n) is 11.1. The standard InChI is InChI=1S/C24H31ClO5S/c1-3-4-5-6-7-17-8-9-18(31-17)10-15-11-19-16(12-20(15)25)13-29-24(19)23(28)22(27)21(26)14(2)30-24/h8-9,11-12,14,21-23,26-28H,3-7,10,13H2,1-2H3/t14-,21-,22+,23-,24+/m1/s1. The van der Waals surface area contributed by atoms with Crippen LogP contribution >= 0.6 is 22.9 Å². The first-order valence-corrected chi connectivity index (χ1v) is 12.3. The summed E-state index contributed by atoms with van der Waals surface area (Å²) in [6.45, 7) is 4.11. The van der Waals surface area contributed by atoms with Crippen LogP contribution in [-0.2, 0) is 34.7 Å². The molecule has 31 heavy (non-hydrogen) atoms. The molecule has 1 saturated heterocycles. The summed E-state index contributed by atoms with van der Waals surface area (Å²) in [6, 6.07) is 8.14. The molecular weight excluding hydrogens is 436 g/mol. The number of rotatable bonds is 7. The maximum atomic E-state index is 10.7. The lowest BCUT2D eigenvalue weighted by atomic mass is 9.87. The number of unbranched alkanes of at least 4 members (excludes halogenated alkanes) is 3. The molecule has 170 valence electrons. The van der Waals surface area contributed by atoms with Crippen LogP contribution in [0.3, 0.4) is 0 Å². The van der Waals surface area contributed by atoms with Crippen molar-refractivity contribution in [3.05, 3.63) is 55.7 Å².